The van der Waals surface area contributed by atoms with Gasteiger partial charge in [0.15, 0.2) is 5.13 Å². The Balaban J connectivity index is 1.67. The molecular weight excluding hydrogens is 286 g/mol. The van der Waals surface area contributed by atoms with Gasteiger partial charge >= 0.3 is 0 Å². The number of anilines is 1. The Bertz CT molecular complexity index is 648. The molecule has 6 heteroatoms. The molecule has 0 amide bonds. The maximum absolute atomic E-state index is 5.94. The van der Waals surface area contributed by atoms with Gasteiger partial charge in [0.25, 0.3) is 0 Å². The minimum Gasteiger partial charge on any atom is -0.361 e. The molecule has 3 aromatic rings. The number of benzene rings is 1. The van der Waals surface area contributed by atoms with Crippen molar-refractivity contribution in [2.45, 2.75) is 6.42 Å². The summed E-state index contributed by atoms with van der Waals surface area (Å²) in [6.45, 7) is 0.848. The summed E-state index contributed by atoms with van der Waals surface area (Å²) in [6, 6.07) is 5.78. The van der Waals surface area contributed by atoms with E-state index in [0.717, 1.165) is 38.3 Å². The molecule has 0 unspecified atom stereocenters. The van der Waals surface area contributed by atoms with E-state index in [2.05, 4.69) is 15.3 Å². The highest BCUT2D eigenvalue weighted by Crippen LogP contribution is 2.27. The van der Waals surface area contributed by atoms with Crippen molar-refractivity contribution >= 4 is 49.6 Å². The Morgan fingerprint density at radius 3 is 3.11 bits per heavy atom. The zero-order chi connectivity index (χ0) is 12.4. The molecule has 0 bridgehead atoms. The van der Waals surface area contributed by atoms with Crippen LogP contribution in [0.2, 0.25) is 5.02 Å². The number of nitrogens with zero attached hydrogens (tertiary/aromatic N) is 2. The molecule has 0 aliphatic heterocycles. The molecule has 0 saturated heterocycles. The van der Waals surface area contributed by atoms with Gasteiger partial charge in [0.2, 0.25) is 0 Å². The van der Waals surface area contributed by atoms with Crippen LogP contribution in [0, 0.1) is 0 Å². The molecule has 0 aliphatic rings. The number of hydrogen-bond donors (Lipinski definition) is 1. The van der Waals surface area contributed by atoms with Gasteiger partial charge in [-0.3, -0.25) is 0 Å². The van der Waals surface area contributed by atoms with E-state index in [0.29, 0.717) is 0 Å². The Hall–Kier alpha value is -1.17. The molecule has 3 nitrogen and oxygen atoms in total. The minimum atomic E-state index is 0.724. The zero-order valence-electron chi connectivity index (χ0n) is 9.39. The second-order valence-electron chi connectivity index (χ2n) is 3.73. The van der Waals surface area contributed by atoms with Crippen LogP contribution in [0.15, 0.2) is 29.8 Å². The lowest BCUT2D eigenvalue weighted by Crippen LogP contribution is -2.03. The molecule has 0 saturated carbocycles. The second-order valence-corrected chi connectivity index (χ2v) is 6.18. The first-order chi connectivity index (χ1) is 8.81. The Labute approximate surface area is 117 Å². The highest BCUT2D eigenvalue weighted by molar-refractivity contribution is 7.22. The smallest absolute Gasteiger partial charge is 0.183 e. The molecule has 2 heterocycles. The molecule has 0 spiro atoms. The lowest BCUT2D eigenvalue weighted by Gasteiger charge is -1.98. The molecule has 2 aromatic heterocycles. The number of thiazole rings is 2. The number of halogens is 1. The summed E-state index contributed by atoms with van der Waals surface area (Å²) in [4.78, 5) is 8.74. The first-order valence-electron chi connectivity index (χ1n) is 5.49. The van der Waals surface area contributed by atoms with Crippen LogP contribution in [-0.2, 0) is 6.42 Å². The van der Waals surface area contributed by atoms with Gasteiger partial charge in [0.05, 0.1) is 15.2 Å². The standard InChI is InChI=1S/C12H10ClN3S2/c13-8-1-2-10-9(7-8)16-12(18-10)15-4-3-11-14-5-6-17-11/h1-2,5-7H,3-4H2,(H,15,16). The Morgan fingerprint density at radius 1 is 1.33 bits per heavy atom. The van der Waals surface area contributed by atoms with E-state index >= 15 is 0 Å². The molecule has 92 valence electrons. The lowest BCUT2D eigenvalue weighted by atomic mass is 10.3. The van der Waals surface area contributed by atoms with Crippen LogP contribution in [0.25, 0.3) is 10.2 Å². The van der Waals surface area contributed by atoms with E-state index in [1.165, 1.54) is 0 Å². The van der Waals surface area contributed by atoms with Crippen LogP contribution >= 0.6 is 34.3 Å². The summed E-state index contributed by atoms with van der Waals surface area (Å²) in [5, 5.41) is 8.12. The fourth-order valence-corrected chi connectivity index (χ4v) is 3.29. The normalized spacial score (nSPS) is 10.9. The summed E-state index contributed by atoms with van der Waals surface area (Å²) < 4.78 is 1.15. The van der Waals surface area contributed by atoms with E-state index in [4.69, 9.17) is 11.6 Å². The summed E-state index contributed by atoms with van der Waals surface area (Å²) in [5.74, 6) is 0. The fraction of sp³-hybridized carbons (Fsp3) is 0.167. The Kier molecular flexibility index (Phi) is 3.45. The third-order valence-corrected chi connectivity index (χ3v) is 4.52. The maximum atomic E-state index is 5.94. The zero-order valence-corrected chi connectivity index (χ0v) is 11.8. The number of hydrogen-bond acceptors (Lipinski definition) is 5. The minimum absolute atomic E-state index is 0.724. The van der Waals surface area contributed by atoms with E-state index < -0.39 is 0 Å². The van der Waals surface area contributed by atoms with Gasteiger partial charge in [-0.1, -0.05) is 22.9 Å². The van der Waals surface area contributed by atoms with Crippen LogP contribution < -0.4 is 5.32 Å². The highest BCUT2D eigenvalue weighted by Gasteiger charge is 2.04. The van der Waals surface area contributed by atoms with Crippen LogP contribution in [-0.4, -0.2) is 16.5 Å². The van der Waals surface area contributed by atoms with Crippen molar-refractivity contribution in [2.24, 2.45) is 0 Å². The number of nitrogens with one attached hydrogen (secondary N) is 1. The fourth-order valence-electron chi connectivity index (χ4n) is 1.63. The van der Waals surface area contributed by atoms with Gasteiger partial charge in [0.1, 0.15) is 0 Å². The predicted octanol–water partition coefficient (Wildman–Crippen LogP) is 4.06. The van der Waals surface area contributed by atoms with Gasteiger partial charge in [-0.25, -0.2) is 9.97 Å². The van der Waals surface area contributed by atoms with Crippen LogP contribution in [0.5, 0.6) is 0 Å². The third kappa shape index (κ3) is 2.63. The molecule has 1 aromatic carbocycles. The first kappa shape index (κ1) is 11.9. The summed E-state index contributed by atoms with van der Waals surface area (Å²) in [7, 11) is 0. The third-order valence-electron chi connectivity index (χ3n) is 2.45. The monoisotopic (exact) mass is 295 g/mol. The molecule has 3 rings (SSSR count). The van der Waals surface area contributed by atoms with Gasteiger partial charge in [0, 0.05) is 29.6 Å². The van der Waals surface area contributed by atoms with Crippen molar-refractivity contribution in [3.63, 3.8) is 0 Å². The predicted molar refractivity (Wildman–Crippen MR) is 78.9 cm³/mol. The molecule has 0 atom stereocenters. The van der Waals surface area contributed by atoms with Crippen LogP contribution in [0.3, 0.4) is 0 Å². The number of rotatable bonds is 4. The number of aromatic nitrogens is 2. The molecule has 0 aliphatic carbocycles. The van der Waals surface area contributed by atoms with Gasteiger partial charge in [-0.15, -0.1) is 11.3 Å². The van der Waals surface area contributed by atoms with Gasteiger partial charge in [-0.05, 0) is 18.2 Å². The van der Waals surface area contributed by atoms with Crippen molar-refractivity contribution in [2.75, 3.05) is 11.9 Å². The number of fused-ring (bicyclic) bond motifs is 1. The van der Waals surface area contributed by atoms with E-state index in [9.17, 15) is 0 Å². The SMILES string of the molecule is Clc1ccc2sc(NCCc3nccs3)nc2c1. The summed E-state index contributed by atoms with van der Waals surface area (Å²) >= 11 is 9.26. The molecule has 18 heavy (non-hydrogen) atoms. The molecular formula is C12H10ClN3S2. The average molecular weight is 296 g/mol. The first-order valence-corrected chi connectivity index (χ1v) is 7.57. The second kappa shape index (κ2) is 5.22. The van der Waals surface area contributed by atoms with E-state index in [1.54, 1.807) is 22.7 Å². The van der Waals surface area contributed by atoms with E-state index in [1.807, 2.05) is 29.8 Å². The average Bonchev–Trinajstić information content (AvgIpc) is 2.97. The van der Waals surface area contributed by atoms with Crippen molar-refractivity contribution < 1.29 is 0 Å². The quantitative estimate of drug-likeness (QED) is 0.789. The molecule has 1 N–H and O–H groups in total. The highest BCUT2D eigenvalue weighted by atomic mass is 35.5. The van der Waals surface area contributed by atoms with Gasteiger partial charge < -0.3 is 5.32 Å². The van der Waals surface area contributed by atoms with Crippen molar-refractivity contribution in [3.05, 3.63) is 39.8 Å². The topological polar surface area (TPSA) is 37.8 Å². The van der Waals surface area contributed by atoms with Crippen LogP contribution in [0.1, 0.15) is 5.01 Å². The lowest BCUT2D eigenvalue weighted by molar-refractivity contribution is 0.996. The molecule has 0 radical (unpaired) electrons. The largest absolute Gasteiger partial charge is 0.361 e. The van der Waals surface area contributed by atoms with E-state index in [-0.39, 0.29) is 0 Å². The molecule has 0 fully saturated rings. The maximum Gasteiger partial charge on any atom is 0.183 e. The van der Waals surface area contributed by atoms with Gasteiger partial charge in [-0.2, -0.15) is 0 Å². The van der Waals surface area contributed by atoms with Crippen molar-refractivity contribution in [3.8, 4) is 0 Å². The van der Waals surface area contributed by atoms with Crippen molar-refractivity contribution in [1.82, 2.24) is 9.97 Å². The summed E-state index contributed by atoms with van der Waals surface area (Å²) in [5.41, 5.74) is 0.948. The van der Waals surface area contributed by atoms with Crippen molar-refractivity contribution in [1.29, 1.82) is 0 Å². The van der Waals surface area contributed by atoms with Crippen LogP contribution in [0.4, 0.5) is 5.13 Å². The Morgan fingerprint density at radius 2 is 2.28 bits per heavy atom. The summed E-state index contributed by atoms with van der Waals surface area (Å²) in [6.07, 6.45) is 2.76.